The summed E-state index contributed by atoms with van der Waals surface area (Å²) in [5.41, 5.74) is 0.304. The third kappa shape index (κ3) is 4.06. The van der Waals surface area contributed by atoms with Gasteiger partial charge in [-0.1, -0.05) is 27.2 Å². The zero-order valence-electron chi connectivity index (χ0n) is 11.8. The molecular formula is C14H30N2. The largest absolute Gasteiger partial charge is 0.313 e. The van der Waals surface area contributed by atoms with E-state index in [4.69, 9.17) is 0 Å². The van der Waals surface area contributed by atoms with Crippen molar-refractivity contribution in [3.8, 4) is 0 Å². The van der Waals surface area contributed by atoms with Gasteiger partial charge in [-0.25, -0.2) is 0 Å². The summed E-state index contributed by atoms with van der Waals surface area (Å²) in [6.45, 7) is 15.2. The van der Waals surface area contributed by atoms with E-state index >= 15 is 0 Å². The first kappa shape index (κ1) is 14.0. The van der Waals surface area contributed by atoms with E-state index in [-0.39, 0.29) is 0 Å². The molecule has 1 aliphatic rings. The van der Waals surface area contributed by atoms with Crippen molar-refractivity contribution in [1.82, 2.24) is 10.2 Å². The highest BCUT2D eigenvalue weighted by molar-refractivity contribution is 4.87. The van der Waals surface area contributed by atoms with Crippen LogP contribution in [-0.2, 0) is 0 Å². The maximum Gasteiger partial charge on any atom is 0.0277 e. The maximum absolute atomic E-state index is 3.57. The van der Waals surface area contributed by atoms with Gasteiger partial charge in [0.1, 0.15) is 0 Å². The molecule has 0 aliphatic carbocycles. The number of hydrogen-bond donors (Lipinski definition) is 1. The van der Waals surface area contributed by atoms with Crippen LogP contribution in [0.25, 0.3) is 0 Å². The lowest BCUT2D eigenvalue weighted by Gasteiger charge is -2.44. The van der Waals surface area contributed by atoms with E-state index in [1.807, 2.05) is 0 Å². The number of nitrogens with one attached hydrogen (secondary N) is 1. The summed E-state index contributed by atoms with van der Waals surface area (Å²) in [5, 5.41) is 3.57. The zero-order valence-corrected chi connectivity index (χ0v) is 11.8. The summed E-state index contributed by atoms with van der Waals surface area (Å²) >= 11 is 0. The Morgan fingerprint density at radius 3 is 2.62 bits per heavy atom. The van der Waals surface area contributed by atoms with E-state index in [1.165, 1.54) is 32.4 Å². The van der Waals surface area contributed by atoms with E-state index in [1.54, 1.807) is 0 Å². The highest BCUT2D eigenvalue weighted by Crippen LogP contribution is 2.25. The molecule has 0 saturated carbocycles. The molecule has 0 aromatic heterocycles. The fourth-order valence-electron chi connectivity index (χ4n) is 2.51. The standard InChI is InChI=1S/C14H30N2/c1-6-13-8-7-9-16(10-13)14(4,5)11-15-12(2)3/h12-13,15H,6-11H2,1-5H3. The molecule has 1 saturated heterocycles. The highest BCUT2D eigenvalue weighted by atomic mass is 15.2. The van der Waals surface area contributed by atoms with Crippen LogP contribution in [0, 0.1) is 5.92 Å². The minimum absolute atomic E-state index is 0.304. The molecule has 16 heavy (non-hydrogen) atoms. The van der Waals surface area contributed by atoms with E-state index in [0.29, 0.717) is 11.6 Å². The van der Waals surface area contributed by atoms with Crippen molar-refractivity contribution < 1.29 is 0 Å². The maximum atomic E-state index is 3.57. The Labute approximate surface area is 102 Å². The van der Waals surface area contributed by atoms with Gasteiger partial charge in [-0.2, -0.15) is 0 Å². The average Bonchev–Trinajstić information content (AvgIpc) is 2.27. The molecule has 1 aliphatic heterocycles. The summed E-state index contributed by atoms with van der Waals surface area (Å²) in [5.74, 6) is 0.923. The van der Waals surface area contributed by atoms with Gasteiger partial charge in [-0.05, 0) is 39.2 Å². The van der Waals surface area contributed by atoms with Crippen LogP contribution in [0.3, 0.4) is 0 Å². The summed E-state index contributed by atoms with van der Waals surface area (Å²) in [7, 11) is 0. The smallest absolute Gasteiger partial charge is 0.0277 e. The van der Waals surface area contributed by atoms with Gasteiger partial charge in [0.15, 0.2) is 0 Å². The lowest BCUT2D eigenvalue weighted by Crippen LogP contribution is -2.54. The average molecular weight is 226 g/mol. The quantitative estimate of drug-likeness (QED) is 0.775. The number of likely N-dealkylation sites (tertiary alicyclic amines) is 1. The summed E-state index contributed by atoms with van der Waals surface area (Å²) in [6, 6.07) is 0.589. The topological polar surface area (TPSA) is 15.3 Å². The van der Waals surface area contributed by atoms with E-state index < -0.39 is 0 Å². The van der Waals surface area contributed by atoms with Crippen LogP contribution in [0.1, 0.15) is 53.9 Å². The fourth-order valence-corrected chi connectivity index (χ4v) is 2.51. The Hall–Kier alpha value is -0.0800. The van der Waals surface area contributed by atoms with Crippen LogP contribution in [0.15, 0.2) is 0 Å². The predicted molar refractivity (Wildman–Crippen MR) is 71.8 cm³/mol. The summed E-state index contributed by atoms with van der Waals surface area (Å²) in [6.07, 6.45) is 4.15. The molecule has 1 fully saturated rings. The zero-order chi connectivity index (χ0) is 12.2. The first-order valence-electron chi connectivity index (χ1n) is 6.94. The molecule has 0 aromatic carbocycles. The van der Waals surface area contributed by atoms with Gasteiger partial charge in [0.2, 0.25) is 0 Å². The Morgan fingerprint density at radius 1 is 1.38 bits per heavy atom. The predicted octanol–water partition coefficient (Wildman–Crippen LogP) is 2.89. The molecule has 0 bridgehead atoms. The van der Waals surface area contributed by atoms with Crippen molar-refractivity contribution >= 4 is 0 Å². The van der Waals surface area contributed by atoms with Crippen molar-refractivity contribution in [3.63, 3.8) is 0 Å². The molecule has 1 N–H and O–H groups in total. The van der Waals surface area contributed by atoms with Gasteiger partial charge in [0.05, 0.1) is 0 Å². The minimum atomic E-state index is 0.304. The summed E-state index contributed by atoms with van der Waals surface area (Å²) < 4.78 is 0. The summed E-state index contributed by atoms with van der Waals surface area (Å²) in [4.78, 5) is 2.68. The van der Waals surface area contributed by atoms with Gasteiger partial charge in [-0.15, -0.1) is 0 Å². The van der Waals surface area contributed by atoms with E-state index in [0.717, 1.165) is 12.5 Å². The number of hydrogen-bond acceptors (Lipinski definition) is 2. The molecule has 0 amide bonds. The molecule has 1 rings (SSSR count). The van der Waals surface area contributed by atoms with Crippen LogP contribution in [0.2, 0.25) is 0 Å². The van der Waals surface area contributed by atoms with Crippen molar-refractivity contribution in [2.24, 2.45) is 5.92 Å². The van der Waals surface area contributed by atoms with Gasteiger partial charge in [-0.3, -0.25) is 4.90 Å². The monoisotopic (exact) mass is 226 g/mol. The lowest BCUT2D eigenvalue weighted by molar-refractivity contribution is 0.0638. The van der Waals surface area contributed by atoms with E-state index in [2.05, 4.69) is 44.8 Å². The Kier molecular flexibility index (Phi) is 5.26. The molecule has 1 unspecified atom stereocenters. The number of nitrogens with zero attached hydrogens (tertiary/aromatic N) is 1. The van der Waals surface area contributed by atoms with Gasteiger partial charge in [0.25, 0.3) is 0 Å². The van der Waals surface area contributed by atoms with Gasteiger partial charge in [0, 0.05) is 24.7 Å². The second-order valence-electron chi connectivity index (χ2n) is 6.21. The van der Waals surface area contributed by atoms with E-state index in [9.17, 15) is 0 Å². The molecule has 0 aromatic rings. The highest BCUT2D eigenvalue weighted by Gasteiger charge is 2.30. The number of piperidine rings is 1. The SMILES string of the molecule is CCC1CCCN(C(C)(C)CNC(C)C)C1. The van der Waals surface area contributed by atoms with Crippen LogP contribution >= 0.6 is 0 Å². The molecule has 0 radical (unpaired) electrons. The normalized spacial score (nSPS) is 24.0. The third-order valence-electron chi connectivity index (χ3n) is 3.90. The molecule has 2 nitrogen and oxygen atoms in total. The number of rotatable bonds is 5. The third-order valence-corrected chi connectivity index (χ3v) is 3.90. The van der Waals surface area contributed by atoms with Gasteiger partial charge >= 0.3 is 0 Å². The Bertz CT molecular complexity index is 199. The molecule has 0 spiro atoms. The van der Waals surface area contributed by atoms with Crippen molar-refractivity contribution in [2.75, 3.05) is 19.6 Å². The molecule has 1 atom stereocenters. The first-order valence-corrected chi connectivity index (χ1v) is 6.94. The van der Waals surface area contributed by atoms with Crippen molar-refractivity contribution in [1.29, 1.82) is 0 Å². The van der Waals surface area contributed by atoms with Gasteiger partial charge < -0.3 is 5.32 Å². The fraction of sp³-hybridized carbons (Fsp3) is 1.00. The second kappa shape index (κ2) is 6.02. The molecular weight excluding hydrogens is 196 g/mol. The molecule has 2 heteroatoms. The van der Waals surface area contributed by atoms with Crippen LogP contribution < -0.4 is 5.32 Å². The Balaban J connectivity index is 2.46. The van der Waals surface area contributed by atoms with Crippen molar-refractivity contribution in [2.45, 2.75) is 65.5 Å². The van der Waals surface area contributed by atoms with Crippen LogP contribution in [0.4, 0.5) is 0 Å². The molecule has 96 valence electrons. The Morgan fingerprint density at radius 2 is 2.06 bits per heavy atom. The first-order chi connectivity index (χ1) is 7.45. The van der Waals surface area contributed by atoms with Crippen LogP contribution in [0.5, 0.6) is 0 Å². The van der Waals surface area contributed by atoms with Crippen LogP contribution in [-0.4, -0.2) is 36.1 Å². The molecule has 1 heterocycles. The minimum Gasteiger partial charge on any atom is -0.313 e. The lowest BCUT2D eigenvalue weighted by atomic mass is 9.91. The van der Waals surface area contributed by atoms with Crippen molar-refractivity contribution in [3.05, 3.63) is 0 Å². The second-order valence-corrected chi connectivity index (χ2v) is 6.21.